The minimum absolute atomic E-state index is 0.105. The number of halogens is 4. The summed E-state index contributed by atoms with van der Waals surface area (Å²) in [6, 6.07) is 3.34. The number of benzene rings is 1. The number of hydrogen-bond donors (Lipinski definition) is 2. The molecular weight excluding hydrogens is 281 g/mol. The van der Waals surface area contributed by atoms with Crippen molar-refractivity contribution < 1.29 is 18.0 Å². The molecule has 0 bridgehead atoms. The van der Waals surface area contributed by atoms with Crippen LogP contribution in [0.4, 0.5) is 18.9 Å². The molecule has 0 saturated carbocycles. The molecule has 19 heavy (non-hydrogen) atoms. The van der Waals surface area contributed by atoms with Crippen LogP contribution in [-0.4, -0.2) is 19.0 Å². The standard InChI is InChI=1S/C12H12ClF3N2O/c13-10-2-1-8(5-9(10)12(14,15)16)18-11(19)7-3-4-17-6-7/h1-2,5,7,17H,3-4,6H2,(H,18,19). The number of rotatable bonds is 2. The second kappa shape index (κ2) is 5.38. The summed E-state index contributed by atoms with van der Waals surface area (Å²) in [4.78, 5) is 11.8. The van der Waals surface area contributed by atoms with Gasteiger partial charge in [-0.15, -0.1) is 0 Å². The number of nitrogens with one attached hydrogen (secondary N) is 2. The highest BCUT2D eigenvalue weighted by molar-refractivity contribution is 6.31. The molecule has 0 radical (unpaired) electrons. The van der Waals surface area contributed by atoms with Crippen LogP contribution in [0.15, 0.2) is 18.2 Å². The van der Waals surface area contributed by atoms with Crippen LogP contribution in [0.2, 0.25) is 5.02 Å². The summed E-state index contributed by atoms with van der Waals surface area (Å²) in [5.41, 5.74) is -0.842. The normalized spacial score (nSPS) is 19.5. The van der Waals surface area contributed by atoms with E-state index in [-0.39, 0.29) is 22.5 Å². The molecule has 1 aromatic carbocycles. The average molecular weight is 293 g/mol. The summed E-state index contributed by atoms with van der Waals surface area (Å²) in [5, 5.41) is 5.13. The SMILES string of the molecule is O=C(Nc1ccc(Cl)c(C(F)(F)F)c1)C1CCNC1. The molecule has 1 aromatic rings. The number of carbonyl (C=O) groups excluding carboxylic acids is 1. The highest BCUT2D eigenvalue weighted by atomic mass is 35.5. The van der Waals surface area contributed by atoms with Crippen molar-refractivity contribution in [3.8, 4) is 0 Å². The summed E-state index contributed by atoms with van der Waals surface area (Å²) >= 11 is 5.50. The van der Waals surface area contributed by atoms with Gasteiger partial charge in [-0.25, -0.2) is 0 Å². The second-order valence-corrected chi connectivity index (χ2v) is 4.78. The largest absolute Gasteiger partial charge is 0.417 e. The van der Waals surface area contributed by atoms with Crippen LogP contribution in [0.1, 0.15) is 12.0 Å². The lowest BCUT2D eigenvalue weighted by molar-refractivity contribution is -0.137. The van der Waals surface area contributed by atoms with E-state index in [4.69, 9.17) is 11.6 Å². The van der Waals surface area contributed by atoms with Gasteiger partial charge in [-0.3, -0.25) is 4.79 Å². The summed E-state index contributed by atoms with van der Waals surface area (Å²) < 4.78 is 38.0. The van der Waals surface area contributed by atoms with Crippen molar-refractivity contribution in [2.75, 3.05) is 18.4 Å². The Hall–Kier alpha value is -1.27. The van der Waals surface area contributed by atoms with E-state index in [0.29, 0.717) is 13.0 Å². The number of carbonyl (C=O) groups is 1. The zero-order valence-corrected chi connectivity index (χ0v) is 10.6. The van der Waals surface area contributed by atoms with Crippen molar-refractivity contribution in [1.82, 2.24) is 5.32 Å². The van der Waals surface area contributed by atoms with Crippen molar-refractivity contribution in [3.05, 3.63) is 28.8 Å². The fourth-order valence-corrected chi connectivity index (χ4v) is 2.17. The third-order valence-corrected chi connectivity index (χ3v) is 3.30. The van der Waals surface area contributed by atoms with Crippen molar-refractivity contribution in [1.29, 1.82) is 0 Å². The maximum atomic E-state index is 12.7. The predicted octanol–water partition coefficient (Wildman–Crippen LogP) is 2.91. The summed E-state index contributed by atoms with van der Waals surface area (Å²) in [6.45, 7) is 1.29. The molecule has 0 aromatic heterocycles. The molecule has 1 atom stereocenters. The zero-order chi connectivity index (χ0) is 14.0. The molecule has 1 amide bonds. The average Bonchev–Trinajstić information content (AvgIpc) is 2.83. The van der Waals surface area contributed by atoms with Gasteiger partial charge in [-0.1, -0.05) is 11.6 Å². The lowest BCUT2D eigenvalue weighted by Gasteiger charge is -2.13. The Kier molecular flexibility index (Phi) is 4.01. The molecule has 2 N–H and O–H groups in total. The van der Waals surface area contributed by atoms with Gasteiger partial charge in [0.05, 0.1) is 16.5 Å². The van der Waals surface area contributed by atoms with Crippen LogP contribution >= 0.6 is 11.6 Å². The van der Waals surface area contributed by atoms with Gasteiger partial charge in [0.1, 0.15) is 0 Å². The molecule has 0 aliphatic carbocycles. The van der Waals surface area contributed by atoms with Gasteiger partial charge in [0, 0.05) is 12.2 Å². The van der Waals surface area contributed by atoms with E-state index in [0.717, 1.165) is 18.7 Å². The topological polar surface area (TPSA) is 41.1 Å². The first-order valence-corrected chi connectivity index (χ1v) is 6.14. The smallest absolute Gasteiger partial charge is 0.326 e. The molecule has 104 valence electrons. The van der Waals surface area contributed by atoms with Gasteiger partial charge in [0.15, 0.2) is 0 Å². The van der Waals surface area contributed by atoms with E-state index in [9.17, 15) is 18.0 Å². The first kappa shape index (κ1) is 14.1. The van der Waals surface area contributed by atoms with Gasteiger partial charge in [0.25, 0.3) is 0 Å². The van der Waals surface area contributed by atoms with Gasteiger partial charge in [-0.2, -0.15) is 13.2 Å². The molecule has 7 heteroatoms. The summed E-state index contributed by atoms with van der Waals surface area (Å²) in [7, 11) is 0. The molecule has 1 saturated heterocycles. The van der Waals surface area contributed by atoms with Crippen LogP contribution < -0.4 is 10.6 Å². The fourth-order valence-electron chi connectivity index (χ4n) is 1.94. The first-order chi connectivity index (χ1) is 8.88. The Morgan fingerprint density at radius 1 is 1.42 bits per heavy atom. The Morgan fingerprint density at radius 3 is 2.74 bits per heavy atom. The van der Waals surface area contributed by atoms with E-state index >= 15 is 0 Å². The monoisotopic (exact) mass is 292 g/mol. The summed E-state index contributed by atoms with van der Waals surface area (Å²) in [6.07, 6.45) is -3.85. The maximum absolute atomic E-state index is 12.7. The fraction of sp³-hybridized carbons (Fsp3) is 0.417. The predicted molar refractivity (Wildman–Crippen MR) is 66.1 cm³/mol. The molecule has 1 aliphatic rings. The number of alkyl halides is 3. The molecule has 1 heterocycles. The molecule has 1 unspecified atom stereocenters. The highest BCUT2D eigenvalue weighted by Gasteiger charge is 2.33. The lowest BCUT2D eigenvalue weighted by atomic mass is 10.1. The van der Waals surface area contributed by atoms with E-state index in [2.05, 4.69) is 10.6 Å². The molecule has 1 fully saturated rings. The zero-order valence-electron chi connectivity index (χ0n) is 9.85. The van der Waals surface area contributed by atoms with Crippen LogP contribution in [0.25, 0.3) is 0 Å². The molecule has 1 aliphatic heterocycles. The Labute approximate surface area is 113 Å². The number of anilines is 1. The van der Waals surface area contributed by atoms with Crippen LogP contribution in [0, 0.1) is 5.92 Å². The van der Waals surface area contributed by atoms with E-state index < -0.39 is 11.7 Å². The van der Waals surface area contributed by atoms with E-state index in [1.165, 1.54) is 6.07 Å². The Bertz CT molecular complexity index is 484. The molecule has 0 spiro atoms. The van der Waals surface area contributed by atoms with Crippen LogP contribution in [0.3, 0.4) is 0 Å². The third-order valence-electron chi connectivity index (χ3n) is 2.97. The van der Waals surface area contributed by atoms with Crippen molar-refractivity contribution >= 4 is 23.2 Å². The van der Waals surface area contributed by atoms with Crippen molar-refractivity contribution in [2.45, 2.75) is 12.6 Å². The van der Waals surface area contributed by atoms with E-state index in [1.54, 1.807) is 0 Å². The van der Waals surface area contributed by atoms with Gasteiger partial charge in [0.2, 0.25) is 5.91 Å². The van der Waals surface area contributed by atoms with E-state index in [1.807, 2.05) is 0 Å². The maximum Gasteiger partial charge on any atom is 0.417 e. The van der Waals surface area contributed by atoms with Gasteiger partial charge in [-0.05, 0) is 31.2 Å². The number of amides is 1. The lowest BCUT2D eigenvalue weighted by Crippen LogP contribution is -2.24. The highest BCUT2D eigenvalue weighted by Crippen LogP contribution is 2.36. The van der Waals surface area contributed by atoms with Crippen LogP contribution in [0.5, 0.6) is 0 Å². The molecule has 3 nitrogen and oxygen atoms in total. The number of hydrogen-bond acceptors (Lipinski definition) is 2. The van der Waals surface area contributed by atoms with Crippen molar-refractivity contribution in [3.63, 3.8) is 0 Å². The molecular formula is C12H12ClF3N2O. The van der Waals surface area contributed by atoms with Crippen LogP contribution in [-0.2, 0) is 11.0 Å². The Balaban J connectivity index is 2.15. The van der Waals surface area contributed by atoms with Gasteiger partial charge >= 0.3 is 6.18 Å². The van der Waals surface area contributed by atoms with Gasteiger partial charge < -0.3 is 10.6 Å². The second-order valence-electron chi connectivity index (χ2n) is 4.37. The molecule has 2 rings (SSSR count). The quantitative estimate of drug-likeness (QED) is 0.880. The first-order valence-electron chi connectivity index (χ1n) is 5.76. The third kappa shape index (κ3) is 3.39. The summed E-state index contributed by atoms with van der Waals surface area (Å²) in [5.74, 6) is -0.481. The minimum atomic E-state index is -4.53. The van der Waals surface area contributed by atoms with Crippen molar-refractivity contribution in [2.24, 2.45) is 5.92 Å². The minimum Gasteiger partial charge on any atom is -0.326 e. The Morgan fingerprint density at radius 2 is 2.16 bits per heavy atom.